The minimum atomic E-state index is -4.80. The largest absolute Gasteiger partial charge is 0.503 e. The number of hydrogen-bond donors (Lipinski definition) is 2. The number of aromatic hydroxyl groups is 1. The van der Waals surface area contributed by atoms with Crippen LogP contribution in [0.1, 0.15) is 5.69 Å². The number of fused-ring (bicyclic) bond motifs is 1. The average Bonchev–Trinajstić information content (AvgIpc) is 2.81. The maximum atomic E-state index is 13.0. The van der Waals surface area contributed by atoms with Crippen molar-refractivity contribution in [2.24, 2.45) is 7.05 Å². The van der Waals surface area contributed by atoms with Crippen LogP contribution in [0.4, 0.5) is 13.2 Å². The molecule has 0 saturated carbocycles. The van der Waals surface area contributed by atoms with Crippen molar-refractivity contribution in [2.45, 2.75) is 6.18 Å². The van der Waals surface area contributed by atoms with E-state index < -0.39 is 28.4 Å². The number of benzene rings is 1. The van der Waals surface area contributed by atoms with Crippen molar-refractivity contribution in [2.75, 3.05) is 0 Å². The number of rotatable bonds is 1. The zero-order valence-electron chi connectivity index (χ0n) is 11.6. The molecule has 0 saturated heterocycles. The van der Waals surface area contributed by atoms with Gasteiger partial charge < -0.3 is 10.1 Å². The summed E-state index contributed by atoms with van der Waals surface area (Å²) in [6.07, 6.45) is -4.80. The monoisotopic (exact) mass is 343 g/mol. The first-order valence-corrected chi connectivity index (χ1v) is 6.73. The van der Waals surface area contributed by atoms with Gasteiger partial charge in [0, 0.05) is 17.6 Å². The summed E-state index contributed by atoms with van der Waals surface area (Å²) < 4.78 is 39.9. The summed E-state index contributed by atoms with van der Waals surface area (Å²) in [6, 6.07) is 6.12. The van der Waals surface area contributed by atoms with Gasteiger partial charge in [-0.2, -0.15) is 18.3 Å². The fourth-order valence-electron chi connectivity index (χ4n) is 2.32. The number of aryl methyl sites for hydroxylation is 1. The molecule has 0 spiro atoms. The fourth-order valence-corrected chi connectivity index (χ4v) is 2.44. The molecule has 0 radical (unpaired) electrons. The molecule has 0 atom stereocenters. The third-order valence-corrected chi connectivity index (χ3v) is 3.62. The lowest BCUT2D eigenvalue weighted by atomic mass is 10.1. The predicted molar refractivity (Wildman–Crippen MR) is 78.4 cm³/mol. The third kappa shape index (κ3) is 2.44. The van der Waals surface area contributed by atoms with Crippen LogP contribution in [0.3, 0.4) is 0 Å². The van der Waals surface area contributed by atoms with Crippen molar-refractivity contribution in [3.05, 3.63) is 45.2 Å². The van der Waals surface area contributed by atoms with E-state index in [9.17, 15) is 23.1 Å². The Hall–Kier alpha value is -2.48. The Bertz CT molecular complexity index is 959. The van der Waals surface area contributed by atoms with E-state index in [1.807, 2.05) is 0 Å². The van der Waals surface area contributed by atoms with Crippen molar-refractivity contribution in [1.29, 1.82) is 0 Å². The molecule has 3 aromatic rings. The number of H-pyrrole nitrogens is 1. The van der Waals surface area contributed by atoms with Gasteiger partial charge in [-0.1, -0.05) is 23.7 Å². The number of nitrogens with zero attached hydrogens (tertiary/aromatic N) is 2. The first-order valence-electron chi connectivity index (χ1n) is 6.35. The van der Waals surface area contributed by atoms with Gasteiger partial charge in [0.15, 0.2) is 11.4 Å². The maximum absolute atomic E-state index is 13.0. The quantitative estimate of drug-likeness (QED) is 0.712. The van der Waals surface area contributed by atoms with Gasteiger partial charge in [0.2, 0.25) is 5.43 Å². The van der Waals surface area contributed by atoms with E-state index in [0.717, 1.165) is 4.68 Å². The lowest BCUT2D eigenvalue weighted by molar-refractivity contribution is -0.140. The summed E-state index contributed by atoms with van der Waals surface area (Å²) in [5.41, 5.74) is -2.21. The summed E-state index contributed by atoms with van der Waals surface area (Å²) in [5.74, 6) is -0.807. The van der Waals surface area contributed by atoms with Crippen LogP contribution in [0.25, 0.3) is 22.3 Å². The molecule has 1 aromatic carbocycles. The first-order chi connectivity index (χ1) is 10.7. The molecule has 0 bridgehead atoms. The Morgan fingerprint density at radius 3 is 2.43 bits per heavy atom. The Kier molecular flexibility index (Phi) is 3.36. The molecule has 2 aromatic heterocycles. The van der Waals surface area contributed by atoms with Gasteiger partial charge in [-0.3, -0.25) is 9.48 Å². The Labute approximate surface area is 131 Å². The van der Waals surface area contributed by atoms with Crippen molar-refractivity contribution < 1.29 is 18.3 Å². The SMILES string of the molecule is Cn1nc(C(F)(F)F)c2c(=O)c(O)c(-c3ccc(Cl)cc3)[nH]c21. The summed E-state index contributed by atoms with van der Waals surface area (Å²) >= 11 is 5.77. The highest BCUT2D eigenvalue weighted by molar-refractivity contribution is 6.30. The summed E-state index contributed by atoms with van der Waals surface area (Å²) in [7, 11) is 1.27. The lowest BCUT2D eigenvalue weighted by Gasteiger charge is -2.07. The molecule has 0 amide bonds. The van der Waals surface area contributed by atoms with Crippen LogP contribution in [0, 0.1) is 0 Å². The van der Waals surface area contributed by atoms with Gasteiger partial charge in [0.1, 0.15) is 11.0 Å². The van der Waals surface area contributed by atoms with E-state index >= 15 is 0 Å². The van der Waals surface area contributed by atoms with Crippen molar-refractivity contribution in [1.82, 2.24) is 14.8 Å². The number of aromatic nitrogens is 3. The molecule has 2 heterocycles. The highest BCUT2D eigenvalue weighted by atomic mass is 35.5. The molecule has 0 aliphatic heterocycles. The highest BCUT2D eigenvalue weighted by Crippen LogP contribution is 2.34. The van der Waals surface area contributed by atoms with Gasteiger partial charge >= 0.3 is 6.18 Å². The molecular formula is C14H9ClF3N3O2. The average molecular weight is 344 g/mol. The van der Waals surface area contributed by atoms with E-state index in [2.05, 4.69) is 10.1 Å². The standard InChI is InChI=1S/C14H9ClF3N3O2/c1-21-13-8(12(20-21)14(16,17)18)10(22)11(23)9(19-13)6-2-4-7(15)5-3-6/h2-5,23H,1H3,(H,19,22). The van der Waals surface area contributed by atoms with Gasteiger partial charge in [0.25, 0.3) is 0 Å². The minimum Gasteiger partial charge on any atom is -0.503 e. The van der Waals surface area contributed by atoms with E-state index in [1.54, 1.807) is 0 Å². The molecule has 2 N–H and O–H groups in total. The second-order valence-corrected chi connectivity index (χ2v) is 5.31. The van der Waals surface area contributed by atoms with Crippen LogP contribution in [0.15, 0.2) is 29.1 Å². The molecule has 0 aliphatic carbocycles. The zero-order chi connectivity index (χ0) is 16.9. The molecule has 0 unspecified atom stereocenters. The number of nitrogens with one attached hydrogen (secondary N) is 1. The number of hydrogen-bond acceptors (Lipinski definition) is 3. The van der Waals surface area contributed by atoms with E-state index in [0.29, 0.717) is 10.6 Å². The van der Waals surface area contributed by atoms with Crippen molar-refractivity contribution >= 4 is 22.6 Å². The molecule has 0 aliphatic rings. The number of pyridine rings is 1. The first kappa shape index (κ1) is 15.4. The molecule has 3 rings (SSSR count). The van der Waals surface area contributed by atoms with Crippen LogP contribution in [-0.4, -0.2) is 19.9 Å². The Morgan fingerprint density at radius 2 is 1.87 bits per heavy atom. The lowest BCUT2D eigenvalue weighted by Crippen LogP contribution is -2.12. The third-order valence-electron chi connectivity index (χ3n) is 3.37. The second-order valence-electron chi connectivity index (χ2n) is 4.88. The van der Waals surface area contributed by atoms with Crippen molar-refractivity contribution in [3.63, 3.8) is 0 Å². The molecule has 5 nitrogen and oxygen atoms in total. The number of halogens is 4. The van der Waals surface area contributed by atoms with E-state index in [1.165, 1.54) is 31.3 Å². The maximum Gasteiger partial charge on any atom is 0.435 e. The van der Waals surface area contributed by atoms with Crippen LogP contribution < -0.4 is 5.43 Å². The highest BCUT2D eigenvalue weighted by Gasteiger charge is 2.38. The molecular weight excluding hydrogens is 335 g/mol. The summed E-state index contributed by atoms with van der Waals surface area (Å²) in [4.78, 5) is 14.9. The van der Waals surface area contributed by atoms with Crippen LogP contribution in [-0.2, 0) is 13.2 Å². The zero-order valence-corrected chi connectivity index (χ0v) is 12.3. The second kappa shape index (κ2) is 5.02. The molecule has 0 fully saturated rings. The predicted octanol–water partition coefficient (Wildman–Crippen LogP) is 3.31. The van der Waals surface area contributed by atoms with Crippen molar-refractivity contribution in [3.8, 4) is 17.0 Å². The normalized spacial score (nSPS) is 12.0. The van der Waals surface area contributed by atoms with Gasteiger partial charge in [-0.25, -0.2) is 0 Å². The van der Waals surface area contributed by atoms with Crippen LogP contribution in [0.5, 0.6) is 5.75 Å². The van der Waals surface area contributed by atoms with Crippen LogP contribution in [0.2, 0.25) is 5.02 Å². The summed E-state index contributed by atoms with van der Waals surface area (Å²) in [6.45, 7) is 0. The molecule has 23 heavy (non-hydrogen) atoms. The van der Waals surface area contributed by atoms with Crippen LogP contribution >= 0.6 is 11.6 Å². The number of aromatic amines is 1. The van der Waals surface area contributed by atoms with E-state index in [4.69, 9.17) is 11.6 Å². The summed E-state index contributed by atoms with van der Waals surface area (Å²) in [5, 5.41) is 13.1. The fraction of sp³-hybridized carbons (Fsp3) is 0.143. The number of alkyl halides is 3. The Balaban J connectivity index is 2.37. The molecule has 9 heteroatoms. The van der Waals surface area contributed by atoms with Gasteiger partial charge in [-0.15, -0.1) is 0 Å². The van der Waals surface area contributed by atoms with E-state index in [-0.39, 0.29) is 11.3 Å². The Morgan fingerprint density at radius 1 is 1.26 bits per heavy atom. The topological polar surface area (TPSA) is 70.9 Å². The minimum absolute atomic E-state index is 0.00380. The van der Waals surface area contributed by atoms with Gasteiger partial charge in [-0.05, 0) is 12.1 Å². The van der Waals surface area contributed by atoms with Gasteiger partial charge in [0.05, 0.1) is 5.69 Å². The smallest absolute Gasteiger partial charge is 0.435 e. The molecule has 120 valence electrons.